The molecule has 0 bridgehead atoms. The van der Waals surface area contributed by atoms with E-state index in [4.69, 9.17) is 14.2 Å². The quantitative estimate of drug-likeness (QED) is 0.543. The van der Waals surface area contributed by atoms with Gasteiger partial charge in [-0.2, -0.15) is 0 Å². The van der Waals surface area contributed by atoms with Crippen LogP contribution in [0.2, 0.25) is 0 Å². The number of fused-ring (bicyclic) bond motifs is 1. The number of rotatable bonds is 6. The Morgan fingerprint density at radius 1 is 0.871 bits per heavy atom. The highest BCUT2D eigenvalue weighted by Crippen LogP contribution is 2.47. The average molecular weight is 415 g/mol. The SMILES string of the molecule is COc1cc2c(c(OC)c1OC)/C(=C/c1ccccc1)C(=O)N(Cc1ccccc1)C2. The Morgan fingerprint density at radius 3 is 2.13 bits per heavy atom. The lowest BCUT2D eigenvalue weighted by atomic mass is 9.90. The van der Waals surface area contributed by atoms with Crippen LogP contribution in [-0.4, -0.2) is 32.1 Å². The van der Waals surface area contributed by atoms with Gasteiger partial charge in [0.05, 0.1) is 26.9 Å². The van der Waals surface area contributed by atoms with Crippen LogP contribution >= 0.6 is 0 Å². The molecule has 1 heterocycles. The lowest BCUT2D eigenvalue weighted by Crippen LogP contribution is -2.35. The van der Waals surface area contributed by atoms with Gasteiger partial charge in [0.25, 0.3) is 5.91 Å². The molecule has 0 spiro atoms. The Balaban J connectivity index is 1.90. The molecule has 0 fully saturated rings. The molecular formula is C26H25NO4. The van der Waals surface area contributed by atoms with Crippen molar-refractivity contribution in [2.45, 2.75) is 13.1 Å². The van der Waals surface area contributed by atoms with Gasteiger partial charge < -0.3 is 19.1 Å². The highest BCUT2D eigenvalue weighted by Gasteiger charge is 2.34. The molecule has 0 aromatic heterocycles. The van der Waals surface area contributed by atoms with Crippen LogP contribution in [0.15, 0.2) is 66.7 Å². The second kappa shape index (κ2) is 8.96. The average Bonchev–Trinajstić information content (AvgIpc) is 2.81. The lowest BCUT2D eigenvalue weighted by Gasteiger charge is -2.32. The van der Waals surface area contributed by atoms with Crippen molar-refractivity contribution in [1.29, 1.82) is 0 Å². The Kier molecular flexibility index (Phi) is 5.94. The standard InChI is InChI=1S/C26H25NO4/c1-29-22-15-20-17-27(16-19-12-8-5-9-13-19)26(28)21(14-18-10-6-4-7-11-18)23(20)25(31-3)24(22)30-2/h4-15H,16-17H2,1-3H3/b21-14-. The number of methoxy groups -OCH3 is 3. The minimum Gasteiger partial charge on any atom is -0.493 e. The van der Waals surface area contributed by atoms with Crippen molar-refractivity contribution in [2.24, 2.45) is 0 Å². The molecule has 5 nitrogen and oxygen atoms in total. The minimum atomic E-state index is -0.0503. The van der Waals surface area contributed by atoms with E-state index in [1.807, 2.05) is 77.7 Å². The molecule has 158 valence electrons. The zero-order chi connectivity index (χ0) is 21.8. The summed E-state index contributed by atoms with van der Waals surface area (Å²) in [5.74, 6) is 1.51. The Labute approximate surface area is 182 Å². The van der Waals surface area contributed by atoms with Gasteiger partial charge in [-0.15, -0.1) is 0 Å². The molecule has 0 aliphatic carbocycles. The van der Waals surface area contributed by atoms with Gasteiger partial charge in [0.1, 0.15) is 0 Å². The molecule has 0 N–H and O–H groups in total. The Bertz CT molecular complexity index is 1110. The van der Waals surface area contributed by atoms with Gasteiger partial charge in [-0.3, -0.25) is 4.79 Å². The summed E-state index contributed by atoms with van der Waals surface area (Å²) in [6.07, 6.45) is 1.91. The fourth-order valence-electron chi connectivity index (χ4n) is 3.96. The first-order chi connectivity index (χ1) is 15.2. The summed E-state index contributed by atoms with van der Waals surface area (Å²) in [6, 6.07) is 21.7. The predicted octanol–water partition coefficient (Wildman–Crippen LogP) is 4.80. The largest absolute Gasteiger partial charge is 0.493 e. The van der Waals surface area contributed by atoms with E-state index in [1.54, 1.807) is 21.3 Å². The summed E-state index contributed by atoms with van der Waals surface area (Å²) in [4.78, 5) is 15.5. The molecule has 3 aromatic carbocycles. The first-order valence-electron chi connectivity index (χ1n) is 10.1. The molecule has 1 aliphatic rings. The zero-order valence-electron chi connectivity index (χ0n) is 17.9. The van der Waals surface area contributed by atoms with Gasteiger partial charge in [-0.25, -0.2) is 0 Å². The van der Waals surface area contributed by atoms with E-state index in [1.165, 1.54) is 0 Å². The number of ether oxygens (including phenoxy) is 3. The first-order valence-corrected chi connectivity index (χ1v) is 10.1. The number of nitrogens with zero attached hydrogens (tertiary/aromatic N) is 1. The Morgan fingerprint density at radius 2 is 1.52 bits per heavy atom. The van der Waals surface area contributed by atoms with Crippen LogP contribution in [0.25, 0.3) is 11.6 Å². The molecule has 0 radical (unpaired) electrons. The van der Waals surface area contributed by atoms with Crippen molar-refractivity contribution in [3.05, 3.63) is 89.0 Å². The smallest absolute Gasteiger partial charge is 0.255 e. The number of amides is 1. The Hall–Kier alpha value is -3.73. The van der Waals surface area contributed by atoms with Crippen molar-refractivity contribution >= 4 is 17.6 Å². The number of hydrogen-bond acceptors (Lipinski definition) is 4. The maximum absolute atomic E-state index is 13.6. The zero-order valence-corrected chi connectivity index (χ0v) is 17.9. The number of hydrogen-bond donors (Lipinski definition) is 0. The number of carbonyl (C=O) groups excluding carboxylic acids is 1. The van der Waals surface area contributed by atoms with E-state index in [9.17, 15) is 4.79 Å². The van der Waals surface area contributed by atoms with Gasteiger partial charge in [0.2, 0.25) is 5.75 Å². The van der Waals surface area contributed by atoms with Crippen LogP contribution < -0.4 is 14.2 Å². The summed E-state index contributed by atoms with van der Waals surface area (Å²) in [6.45, 7) is 0.966. The van der Waals surface area contributed by atoms with E-state index >= 15 is 0 Å². The molecule has 3 aromatic rings. The van der Waals surface area contributed by atoms with Gasteiger partial charge in [-0.05, 0) is 28.8 Å². The van der Waals surface area contributed by atoms with Crippen LogP contribution in [0, 0.1) is 0 Å². The summed E-state index contributed by atoms with van der Waals surface area (Å²) in [5.41, 5.74) is 4.28. The van der Waals surface area contributed by atoms with Crippen molar-refractivity contribution in [1.82, 2.24) is 4.90 Å². The maximum Gasteiger partial charge on any atom is 0.255 e. The van der Waals surface area contributed by atoms with E-state index in [0.29, 0.717) is 35.9 Å². The summed E-state index contributed by atoms with van der Waals surface area (Å²) < 4.78 is 16.9. The molecule has 31 heavy (non-hydrogen) atoms. The molecule has 1 aliphatic heterocycles. The first kappa shape index (κ1) is 20.5. The number of carbonyl (C=O) groups is 1. The highest BCUT2D eigenvalue weighted by molar-refractivity contribution is 6.26. The molecule has 1 amide bonds. The van der Waals surface area contributed by atoms with E-state index < -0.39 is 0 Å². The fraction of sp³-hybridized carbons (Fsp3) is 0.192. The van der Waals surface area contributed by atoms with Crippen LogP contribution in [0.5, 0.6) is 17.2 Å². The molecular weight excluding hydrogens is 390 g/mol. The second-order valence-electron chi connectivity index (χ2n) is 7.29. The third kappa shape index (κ3) is 3.99. The monoisotopic (exact) mass is 415 g/mol. The predicted molar refractivity (Wildman–Crippen MR) is 121 cm³/mol. The van der Waals surface area contributed by atoms with Crippen LogP contribution in [0.3, 0.4) is 0 Å². The maximum atomic E-state index is 13.6. The third-order valence-electron chi connectivity index (χ3n) is 5.39. The van der Waals surface area contributed by atoms with E-state index in [0.717, 1.165) is 22.3 Å². The van der Waals surface area contributed by atoms with Crippen molar-refractivity contribution in [2.75, 3.05) is 21.3 Å². The number of benzene rings is 3. The third-order valence-corrected chi connectivity index (χ3v) is 5.39. The molecule has 0 unspecified atom stereocenters. The molecule has 0 atom stereocenters. The fourth-order valence-corrected chi connectivity index (χ4v) is 3.96. The van der Waals surface area contributed by atoms with Crippen molar-refractivity contribution in [3.8, 4) is 17.2 Å². The van der Waals surface area contributed by atoms with Crippen LogP contribution in [0.4, 0.5) is 0 Å². The molecule has 5 heteroatoms. The normalized spacial score (nSPS) is 14.4. The van der Waals surface area contributed by atoms with E-state index in [2.05, 4.69) is 0 Å². The lowest BCUT2D eigenvalue weighted by molar-refractivity contribution is -0.126. The minimum absolute atomic E-state index is 0.0503. The van der Waals surface area contributed by atoms with Gasteiger partial charge in [-0.1, -0.05) is 60.7 Å². The topological polar surface area (TPSA) is 48.0 Å². The van der Waals surface area contributed by atoms with Crippen molar-refractivity contribution in [3.63, 3.8) is 0 Å². The van der Waals surface area contributed by atoms with E-state index in [-0.39, 0.29) is 5.91 Å². The van der Waals surface area contributed by atoms with Gasteiger partial charge in [0.15, 0.2) is 11.5 Å². The van der Waals surface area contributed by atoms with Gasteiger partial charge >= 0.3 is 0 Å². The van der Waals surface area contributed by atoms with Crippen LogP contribution in [0.1, 0.15) is 22.3 Å². The van der Waals surface area contributed by atoms with Crippen LogP contribution in [-0.2, 0) is 17.9 Å². The molecule has 0 saturated carbocycles. The second-order valence-corrected chi connectivity index (χ2v) is 7.29. The molecule has 4 rings (SSSR count). The summed E-state index contributed by atoms with van der Waals surface area (Å²) in [7, 11) is 4.75. The summed E-state index contributed by atoms with van der Waals surface area (Å²) >= 11 is 0. The van der Waals surface area contributed by atoms with Gasteiger partial charge in [0, 0.05) is 18.7 Å². The molecule has 0 saturated heterocycles. The summed E-state index contributed by atoms with van der Waals surface area (Å²) in [5, 5.41) is 0. The van der Waals surface area contributed by atoms with Crippen molar-refractivity contribution < 1.29 is 19.0 Å². The highest BCUT2D eigenvalue weighted by atomic mass is 16.5.